The molecule has 4 rings (SSSR count). The Balaban J connectivity index is 1.82. The second kappa shape index (κ2) is 11.0. The highest BCUT2D eigenvalue weighted by Gasteiger charge is 2.33. The zero-order valence-electron chi connectivity index (χ0n) is 21.9. The third-order valence-corrected chi connectivity index (χ3v) is 6.25. The fraction of sp³-hybridized carbons (Fsp3) is 0. The molecule has 4 aromatic rings. The molecule has 0 aliphatic heterocycles. The van der Waals surface area contributed by atoms with E-state index in [1.807, 2.05) is 0 Å². The number of phenols is 12. The van der Waals surface area contributed by atoms with E-state index >= 15 is 0 Å². The van der Waals surface area contributed by atoms with Gasteiger partial charge in [-0.15, -0.1) is 0 Å². The predicted molar refractivity (Wildman–Crippen MR) is 142 cm³/mol. The molecule has 0 aliphatic carbocycles. The molecule has 45 heavy (non-hydrogen) atoms. The molecule has 0 bridgehead atoms. The van der Waals surface area contributed by atoms with Gasteiger partial charge in [0.25, 0.3) is 0 Å². The Morgan fingerprint density at radius 3 is 0.933 bits per heavy atom. The number of esters is 2. The number of carbonyl (C=O) groups is 4. The molecule has 0 aromatic heterocycles. The average molecular weight is 626 g/mol. The van der Waals surface area contributed by atoms with E-state index in [9.17, 15) is 80.5 Å². The quantitative estimate of drug-likeness (QED) is 0.0625. The number of phenolic OH excluding ortho intramolecular Hbond substituents is 12. The molecule has 17 nitrogen and oxygen atoms in total. The zero-order valence-corrected chi connectivity index (χ0v) is 21.9. The van der Waals surface area contributed by atoms with Crippen molar-refractivity contribution in [3.8, 4) is 69.0 Å². The third kappa shape index (κ3) is 5.23. The van der Waals surface area contributed by atoms with Gasteiger partial charge in [-0.25, -0.2) is 9.59 Å². The molecule has 12 N–H and O–H groups in total. The summed E-state index contributed by atoms with van der Waals surface area (Å²) in [4.78, 5) is 52.6. The van der Waals surface area contributed by atoms with Crippen LogP contribution in [0.25, 0.3) is 0 Å². The van der Waals surface area contributed by atoms with Gasteiger partial charge in [-0.2, -0.15) is 0 Å². The van der Waals surface area contributed by atoms with E-state index in [1.54, 1.807) is 0 Å². The van der Waals surface area contributed by atoms with Crippen molar-refractivity contribution in [2.75, 3.05) is 0 Å². The van der Waals surface area contributed by atoms with Crippen LogP contribution in [0.5, 0.6) is 69.0 Å². The van der Waals surface area contributed by atoms with Crippen LogP contribution in [-0.2, 0) is 4.74 Å². The first kappa shape index (κ1) is 30.9. The van der Waals surface area contributed by atoms with E-state index < -0.39 is 126 Å². The van der Waals surface area contributed by atoms with Crippen molar-refractivity contribution in [1.29, 1.82) is 0 Å². The lowest BCUT2D eigenvalue weighted by molar-refractivity contribution is 0.0392. The van der Waals surface area contributed by atoms with Crippen molar-refractivity contribution < 1.29 is 85.2 Å². The monoisotopic (exact) mass is 626 g/mol. The molecule has 0 atom stereocenters. The number of benzene rings is 4. The van der Waals surface area contributed by atoms with Crippen LogP contribution >= 0.6 is 0 Å². The molecular weight excluding hydrogens is 608 g/mol. The summed E-state index contributed by atoms with van der Waals surface area (Å²) in [6.07, 6.45) is 0. The molecule has 0 spiro atoms. The summed E-state index contributed by atoms with van der Waals surface area (Å²) in [5, 5.41) is 119. The van der Waals surface area contributed by atoms with Crippen LogP contribution < -0.4 is 0 Å². The Labute approximate surface area is 247 Å². The third-order valence-electron chi connectivity index (χ3n) is 6.25. The highest BCUT2D eigenvalue weighted by molar-refractivity contribution is 6.21. The Morgan fingerprint density at radius 2 is 0.644 bits per heavy atom. The van der Waals surface area contributed by atoms with Crippen molar-refractivity contribution in [3.05, 3.63) is 69.8 Å². The number of ketones is 2. The summed E-state index contributed by atoms with van der Waals surface area (Å²) >= 11 is 0. The van der Waals surface area contributed by atoms with Crippen LogP contribution in [0.1, 0.15) is 52.6 Å². The van der Waals surface area contributed by atoms with Gasteiger partial charge in [-0.3, -0.25) is 9.59 Å². The van der Waals surface area contributed by atoms with Crippen molar-refractivity contribution in [2.45, 2.75) is 0 Å². The Morgan fingerprint density at radius 1 is 0.378 bits per heavy atom. The topological polar surface area (TPSA) is 320 Å². The molecule has 0 unspecified atom stereocenters. The average Bonchev–Trinajstić information content (AvgIpc) is 2.98. The zero-order chi connectivity index (χ0) is 33.7. The van der Waals surface area contributed by atoms with Crippen LogP contribution in [0.2, 0.25) is 0 Å². The first-order valence-corrected chi connectivity index (χ1v) is 11.9. The van der Waals surface area contributed by atoms with E-state index in [1.165, 1.54) is 0 Å². The molecule has 0 amide bonds. The molecule has 0 heterocycles. The fourth-order valence-corrected chi connectivity index (χ4v) is 4.02. The van der Waals surface area contributed by atoms with Crippen molar-refractivity contribution in [2.24, 2.45) is 0 Å². The van der Waals surface area contributed by atoms with Gasteiger partial charge in [-0.1, -0.05) is 0 Å². The van der Waals surface area contributed by atoms with Crippen LogP contribution in [0.3, 0.4) is 0 Å². The minimum absolute atomic E-state index is 0.359. The Bertz CT molecular complexity index is 1790. The van der Waals surface area contributed by atoms with E-state index in [-0.39, 0.29) is 0 Å². The van der Waals surface area contributed by atoms with Gasteiger partial charge in [0, 0.05) is 11.1 Å². The van der Waals surface area contributed by atoms with Gasteiger partial charge in [-0.05, 0) is 36.4 Å². The second-order valence-corrected chi connectivity index (χ2v) is 9.09. The number of aromatic hydroxyl groups is 12. The second-order valence-electron chi connectivity index (χ2n) is 9.09. The van der Waals surface area contributed by atoms with E-state index in [2.05, 4.69) is 4.74 Å². The smallest absolute Gasteiger partial charge is 0.347 e. The highest BCUT2D eigenvalue weighted by atomic mass is 16.6. The van der Waals surface area contributed by atoms with Crippen LogP contribution in [-0.4, -0.2) is 84.8 Å². The van der Waals surface area contributed by atoms with Crippen LogP contribution in [0.4, 0.5) is 0 Å². The van der Waals surface area contributed by atoms with Crippen LogP contribution in [0.15, 0.2) is 36.4 Å². The molecule has 0 radical (unpaired) electrons. The Kier molecular flexibility index (Phi) is 7.55. The normalized spacial score (nSPS) is 10.8. The molecule has 232 valence electrons. The lowest BCUT2D eigenvalue weighted by Crippen LogP contribution is -2.19. The maximum atomic E-state index is 13.2. The summed E-state index contributed by atoms with van der Waals surface area (Å²) in [7, 11) is 0. The molecule has 0 fully saturated rings. The minimum Gasteiger partial charge on any atom is -0.504 e. The van der Waals surface area contributed by atoms with E-state index in [0.717, 1.165) is 0 Å². The summed E-state index contributed by atoms with van der Waals surface area (Å²) in [6, 6.07) is 3.05. The summed E-state index contributed by atoms with van der Waals surface area (Å²) in [5.41, 5.74) is -6.02. The summed E-state index contributed by atoms with van der Waals surface area (Å²) in [5.74, 6) is -20.9. The van der Waals surface area contributed by atoms with Gasteiger partial charge in [0.2, 0.25) is 11.5 Å². The molecule has 4 aromatic carbocycles. The number of ether oxygens (including phenoxy) is 1. The first-order chi connectivity index (χ1) is 21.0. The highest BCUT2D eigenvalue weighted by Crippen LogP contribution is 2.44. The lowest BCUT2D eigenvalue weighted by Gasteiger charge is -2.15. The van der Waals surface area contributed by atoms with E-state index in [4.69, 9.17) is 0 Å². The molecule has 0 saturated carbocycles. The van der Waals surface area contributed by atoms with Gasteiger partial charge in [0.15, 0.2) is 69.1 Å². The van der Waals surface area contributed by atoms with E-state index in [0.29, 0.717) is 36.4 Å². The fourth-order valence-electron chi connectivity index (χ4n) is 4.02. The first-order valence-electron chi connectivity index (χ1n) is 11.9. The van der Waals surface area contributed by atoms with Gasteiger partial charge >= 0.3 is 11.9 Å². The number of carbonyl (C=O) groups excluding carboxylic acids is 4. The van der Waals surface area contributed by atoms with Crippen molar-refractivity contribution >= 4 is 23.5 Å². The molecule has 0 saturated heterocycles. The Hall–Kier alpha value is -7.04. The van der Waals surface area contributed by atoms with Gasteiger partial charge < -0.3 is 66.0 Å². The van der Waals surface area contributed by atoms with Gasteiger partial charge in [0.1, 0.15) is 0 Å². The van der Waals surface area contributed by atoms with Crippen LogP contribution in [0, 0.1) is 0 Å². The van der Waals surface area contributed by atoms with Crippen molar-refractivity contribution in [3.63, 3.8) is 0 Å². The molecule has 17 heteroatoms. The largest absolute Gasteiger partial charge is 0.504 e. The standard InChI is InChI=1S/C28H18O17/c29-11-1-7(2-12(30)21(11)37)19(35)17-9(5-15(33)23(39)25(17)41)27(43)45-28(44)10-6-16(34)24(40)26(42)18(10)20(36)8-3-13(31)22(38)14(32)4-8/h1-6,29-34,37-42H. The molecular formula is C28H18O17. The summed E-state index contributed by atoms with van der Waals surface area (Å²) < 4.78 is 4.64. The number of hydrogen-bond donors (Lipinski definition) is 12. The maximum absolute atomic E-state index is 13.2. The van der Waals surface area contributed by atoms with Crippen molar-refractivity contribution in [1.82, 2.24) is 0 Å². The predicted octanol–water partition coefficient (Wildman–Crippen LogP) is 1.61. The lowest BCUT2D eigenvalue weighted by atomic mass is 9.95. The minimum atomic E-state index is -1.88. The number of hydrogen-bond acceptors (Lipinski definition) is 17. The van der Waals surface area contributed by atoms with Gasteiger partial charge in [0.05, 0.1) is 22.3 Å². The number of rotatable bonds is 6. The summed E-state index contributed by atoms with van der Waals surface area (Å²) in [6.45, 7) is 0. The maximum Gasteiger partial charge on any atom is 0.347 e. The SMILES string of the molecule is O=C(OC(=O)c1cc(O)c(O)c(O)c1C(=O)c1cc(O)c(O)c(O)c1)c1cc(O)c(O)c(O)c1C(=O)c1cc(O)c(O)c(O)c1. The molecule has 0 aliphatic rings.